The van der Waals surface area contributed by atoms with Gasteiger partial charge in [0.05, 0.1) is 0 Å². The minimum atomic E-state index is 0.635. The van der Waals surface area contributed by atoms with Gasteiger partial charge in [-0.05, 0) is 33.9 Å². The molecule has 2 aromatic heterocycles. The summed E-state index contributed by atoms with van der Waals surface area (Å²) in [5.74, 6) is 1.92. The number of aromatic nitrogens is 3. The fourth-order valence-corrected chi connectivity index (χ4v) is 8.14. The zero-order valence-electron chi connectivity index (χ0n) is 33.0. The van der Waals surface area contributed by atoms with Crippen LogP contribution in [0.4, 0.5) is 0 Å². The molecule has 11 heteroatoms. The fraction of sp³-hybridized carbons (Fsp3) is 0. The number of furan rings is 1. The predicted molar refractivity (Wildman–Crippen MR) is 257 cm³/mol. The molecular formula is C45H36B7N3O. The monoisotopic (exact) mass is 711 g/mol. The van der Waals surface area contributed by atoms with Gasteiger partial charge in [0.2, 0.25) is 0 Å². The molecule has 7 aromatic carbocycles. The maximum absolute atomic E-state index is 6.90. The summed E-state index contributed by atoms with van der Waals surface area (Å²) in [7, 11) is 15.6. The average Bonchev–Trinajstić information content (AvgIpc) is 3.65. The van der Waals surface area contributed by atoms with Crippen LogP contribution in [0.1, 0.15) is 0 Å². The summed E-state index contributed by atoms with van der Waals surface area (Å²) >= 11 is 0. The minimum Gasteiger partial charge on any atom is -0.456 e. The Kier molecular flexibility index (Phi) is 8.97. The molecule has 9 aromatic rings. The van der Waals surface area contributed by atoms with Gasteiger partial charge in [0.1, 0.15) is 66.1 Å². The molecule has 2 heterocycles. The van der Waals surface area contributed by atoms with Gasteiger partial charge in [0.15, 0.2) is 17.5 Å². The summed E-state index contributed by atoms with van der Waals surface area (Å²) < 4.78 is 6.90. The third-order valence-corrected chi connectivity index (χ3v) is 12.0. The van der Waals surface area contributed by atoms with Gasteiger partial charge in [-0.1, -0.05) is 160 Å². The van der Waals surface area contributed by atoms with Crippen LogP contribution < -0.4 is 38.2 Å². The number of hydrogen-bond donors (Lipinski definition) is 0. The van der Waals surface area contributed by atoms with E-state index in [4.69, 9.17) is 19.4 Å². The van der Waals surface area contributed by atoms with E-state index in [1.54, 1.807) is 0 Å². The lowest BCUT2D eigenvalue weighted by atomic mass is 9.64. The van der Waals surface area contributed by atoms with Gasteiger partial charge < -0.3 is 4.42 Å². The van der Waals surface area contributed by atoms with Crippen molar-refractivity contribution in [3.63, 3.8) is 0 Å². The molecule has 258 valence electrons. The van der Waals surface area contributed by atoms with Crippen molar-refractivity contribution >= 4 is 115 Å². The van der Waals surface area contributed by atoms with Crippen molar-refractivity contribution in [2.45, 2.75) is 0 Å². The predicted octanol–water partition coefficient (Wildman–Crippen LogP) is -0.418. The summed E-state index contributed by atoms with van der Waals surface area (Å²) in [5.41, 5.74) is 20.7. The Balaban J connectivity index is 1.11. The molecule has 0 aliphatic heterocycles. The van der Waals surface area contributed by atoms with Gasteiger partial charge in [-0.3, -0.25) is 0 Å². The van der Waals surface area contributed by atoms with E-state index < -0.39 is 0 Å². The molecule has 0 radical (unpaired) electrons. The topological polar surface area (TPSA) is 51.8 Å². The number of nitrogens with zero attached hydrogens (tertiary/aromatic N) is 3. The Hall–Kier alpha value is -6.20. The van der Waals surface area contributed by atoms with Crippen molar-refractivity contribution in [2.75, 3.05) is 0 Å². The number of fused-ring (bicyclic) bond motifs is 3. The van der Waals surface area contributed by atoms with Crippen LogP contribution in [0, 0.1) is 0 Å². The molecule has 0 bridgehead atoms. The highest BCUT2D eigenvalue weighted by Crippen LogP contribution is 2.34. The van der Waals surface area contributed by atoms with Crippen LogP contribution in [0.2, 0.25) is 0 Å². The summed E-state index contributed by atoms with van der Waals surface area (Å²) in [5, 5.41) is 2.48. The molecule has 9 rings (SSSR count). The molecule has 0 unspecified atom stereocenters. The lowest BCUT2D eigenvalue weighted by Crippen LogP contribution is -2.47. The fourth-order valence-electron chi connectivity index (χ4n) is 8.14. The van der Waals surface area contributed by atoms with E-state index in [0.717, 1.165) is 55.7 Å². The van der Waals surface area contributed by atoms with E-state index in [1.807, 2.05) is 36.4 Å². The molecule has 0 N–H and O–H groups in total. The zero-order chi connectivity index (χ0) is 38.7. The van der Waals surface area contributed by atoms with E-state index in [0.29, 0.717) is 17.5 Å². The van der Waals surface area contributed by atoms with Crippen molar-refractivity contribution in [1.82, 2.24) is 15.0 Å². The van der Waals surface area contributed by atoms with Gasteiger partial charge in [-0.2, -0.15) is 0 Å². The van der Waals surface area contributed by atoms with E-state index in [2.05, 4.69) is 152 Å². The molecule has 0 aliphatic rings. The Morgan fingerprint density at radius 3 is 1.23 bits per heavy atom. The van der Waals surface area contributed by atoms with Crippen LogP contribution in [-0.2, 0) is 0 Å². The highest BCUT2D eigenvalue weighted by atomic mass is 16.3. The van der Waals surface area contributed by atoms with Crippen molar-refractivity contribution in [1.29, 1.82) is 0 Å². The van der Waals surface area contributed by atoms with Crippen molar-refractivity contribution in [2.24, 2.45) is 0 Å². The van der Waals surface area contributed by atoms with E-state index in [-0.39, 0.29) is 0 Å². The van der Waals surface area contributed by atoms with Crippen LogP contribution in [0.25, 0.3) is 89.5 Å². The highest BCUT2D eigenvalue weighted by molar-refractivity contribution is 6.69. The first kappa shape index (κ1) is 35.5. The van der Waals surface area contributed by atoms with Gasteiger partial charge in [-0.15, -0.1) is 5.46 Å². The lowest BCUT2D eigenvalue weighted by Gasteiger charge is -2.16. The molecule has 56 heavy (non-hydrogen) atoms. The summed E-state index contributed by atoms with van der Waals surface area (Å²) in [6.45, 7) is 0. The lowest BCUT2D eigenvalue weighted by molar-refractivity contribution is 0.673. The van der Waals surface area contributed by atoms with Gasteiger partial charge in [0.25, 0.3) is 0 Å². The summed E-state index contributed by atoms with van der Waals surface area (Å²) in [6.07, 6.45) is 0. The Morgan fingerprint density at radius 2 is 0.679 bits per heavy atom. The Morgan fingerprint density at radius 1 is 0.304 bits per heavy atom. The second-order valence-corrected chi connectivity index (χ2v) is 15.0. The van der Waals surface area contributed by atoms with Crippen molar-refractivity contribution < 1.29 is 4.42 Å². The minimum absolute atomic E-state index is 0.635. The highest BCUT2D eigenvalue weighted by Gasteiger charge is 2.23. The normalized spacial score (nSPS) is 11.4. The van der Waals surface area contributed by atoms with Crippen LogP contribution in [0.3, 0.4) is 0 Å². The first-order valence-electron chi connectivity index (χ1n) is 19.3. The first-order chi connectivity index (χ1) is 27.2. The van der Waals surface area contributed by atoms with Crippen molar-refractivity contribution in [3.8, 4) is 67.5 Å². The molecule has 0 saturated carbocycles. The van der Waals surface area contributed by atoms with Crippen LogP contribution >= 0.6 is 0 Å². The number of benzene rings is 7. The van der Waals surface area contributed by atoms with Crippen LogP contribution in [-0.4, -0.2) is 69.9 Å². The molecule has 0 aliphatic carbocycles. The molecule has 0 amide bonds. The standard InChI is InChI=1S/C45H36B7N3O/c46-34-31(41-32(35(47)37(34)49)33-36(48)38(50)39(51)40(52)42(33)56-41)30-13-7-12-29(22-30)25-16-20-28(21-17-25)45-54-43(26-10-5-2-6-11-26)53-44(55-45)27-18-14-24(15-19-27)23-8-3-1-4-9-23/h1-22H,46-52H2. The summed E-state index contributed by atoms with van der Waals surface area (Å²) in [6, 6.07) is 46.3. The maximum atomic E-state index is 6.90. The molecule has 0 atom stereocenters. The maximum Gasteiger partial charge on any atom is 0.164 e. The third-order valence-electron chi connectivity index (χ3n) is 12.0. The third kappa shape index (κ3) is 6.03. The number of rotatable bonds is 6. The Labute approximate surface area is 334 Å². The molecular weight excluding hydrogens is 674 g/mol. The smallest absolute Gasteiger partial charge is 0.164 e. The quantitative estimate of drug-likeness (QED) is 0.221. The largest absolute Gasteiger partial charge is 0.456 e. The molecule has 0 spiro atoms. The van der Waals surface area contributed by atoms with Gasteiger partial charge >= 0.3 is 0 Å². The zero-order valence-corrected chi connectivity index (χ0v) is 33.0. The van der Waals surface area contributed by atoms with E-state index in [9.17, 15) is 0 Å². The van der Waals surface area contributed by atoms with Gasteiger partial charge in [0, 0.05) is 33.0 Å². The first-order valence-corrected chi connectivity index (χ1v) is 19.3. The average molecular weight is 710 g/mol. The Bertz CT molecular complexity index is 2970. The molecule has 0 fully saturated rings. The SMILES string of the molecule is Bc1c(B)c(B)c2c(oc3c(-c4cccc(-c5ccc(-c6nc(-c7ccccc7)nc(-c7ccc(-c8ccccc8)cc7)n6)cc5)c4)c(B)c(B)c(B)c32)c1B. The molecule has 4 nitrogen and oxygen atoms in total. The van der Waals surface area contributed by atoms with Crippen LogP contribution in [0.15, 0.2) is 138 Å². The number of hydrogen-bond acceptors (Lipinski definition) is 4. The molecule has 0 saturated heterocycles. The van der Waals surface area contributed by atoms with Gasteiger partial charge in [-0.25, -0.2) is 15.0 Å². The second kappa shape index (κ2) is 14.1. The summed E-state index contributed by atoms with van der Waals surface area (Å²) in [4.78, 5) is 15.0. The van der Waals surface area contributed by atoms with Crippen LogP contribution in [0.5, 0.6) is 0 Å². The second-order valence-electron chi connectivity index (χ2n) is 15.0. The van der Waals surface area contributed by atoms with E-state index in [1.165, 1.54) is 54.6 Å². The van der Waals surface area contributed by atoms with Crippen molar-refractivity contribution in [3.05, 3.63) is 133 Å². The van der Waals surface area contributed by atoms with E-state index >= 15 is 0 Å².